The standard InChI is InChI=1S/C36H24/c1-2-14-24-23(13-1)33-27-17-5-9-21-10-6-18-28(31(21)27)34(24)36-26-16-4-3-15-25(26)35(33)29-19-7-11-22-12-8-20-30(36)32(22)29/h1-20,33-36H. The van der Waals surface area contributed by atoms with Crippen molar-refractivity contribution in [3.8, 4) is 0 Å². The van der Waals surface area contributed by atoms with Crippen LogP contribution in [0, 0.1) is 0 Å². The zero-order valence-electron chi connectivity index (χ0n) is 19.9. The van der Waals surface area contributed by atoms with Gasteiger partial charge in [0.1, 0.15) is 0 Å². The van der Waals surface area contributed by atoms with E-state index < -0.39 is 0 Å². The SMILES string of the molecule is c1ccc2c(c1)C1c3cccc4cccc(c34)C2C2c3ccccc3C1c1cccc3cccc2c13. The Labute approximate surface area is 210 Å². The van der Waals surface area contributed by atoms with E-state index in [2.05, 4.69) is 121 Å². The minimum atomic E-state index is 0.259. The summed E-state index contributed by atoms with van der Waals surface area (Å²) in [6, 6.07) is 46.7. The zero-order chi connectivity index (χ0) is 23.4. The molecule has 9 rings (SSSR count). The Kier molecular flexibility index (Phi) is 3.57. The molecule has 0 N–H and O–H groups in total. The van der Waals surface area contributed by atoms with Crippen molar-refractivity contribution in [1.82, 2.24) is 0 Å². The predicted molar refractivity (Wildman–Crippen MR) is 148 cm³/mol. The van der Waals surface area contributed by atoms with E-state index in [0.717, 1.165) is 0 Å². The summed E-state index contributed by atoms with van der Waals surface area (Å²) in [5.74, 6) is 1.04. The average molecular weight is 457 g/mol. The topological polar surface area (TPSA) is 0 Å². The average Bonchev–Trinajstić information content (AvgIpc) is 3.08. The van der Waals surface area contributed by atoms with Gasteiger partial charge in [-0.25, -0.2) is 0 Å². The van der Waals surface area contributed by atoms with Gasteiger partial charge in [-0.05, 0) is 66.1 Å². The Morgan fingerprint density at radius 2 is 0.500 bits per heavy atom. The van der Waals surface area contributed by atoms with Gasteiger partial charge >= 0.3 is 0 Å². The van der Waals surface area contributed by atoms with Crippen molar-refractivity contribution in [2.75, 3.05) is 0 Å². The first kappa shape index (κ1) is 19.1. The smallest absolute Gasteiger partial charge is 0.0208 e. The minimum Gasteiger partial charge on any atom is -0.0620 e. The summed E-state index contributed by atoms with van der Waals surface area (Å²) in [7, 11) is 0. The van der Waals surface area contributed by atoms with Gasteiger partial charge in [0.05, 0.1) is 0 Å². The predicted octanol–water partition coefficient (Wildman–Crippen LogP) is 8.86. The molecule has 6 aromatic carbocycles. The van der Waals surface area contributed by atoms with Crippen molar-refractivity contribution < 1.29 is 0 Å². The largest absolute Gasteiger partial charge is 0.0620 e. The Balaban J connectivity index is 1.60. The lowest BCUT2D eigenvalue weighted by Crippen LogP contribution is -2.21. The molecule has 36 heavy (non-hydrogen) atoms. The van der Waals surface area contributed by atoms with Crippen LogP contribution in [0.2, 0.25) is 0 Å². The summed E-state index contributed by atoms with van der Waals surface area (Å²) < 4.78 is 0. The van der Waals surface area contributed by atoms with E-state index in [-0.39, 0.29) is 23.7 Å². The quantitative estimate of drug-likeness (QED) is 0.214. The maximum atomic E-state index is 2.42. The van der Waals surface area contributed by atoms with Crippen LogP contribution in [0.4, 0.5) is 0 Å². The summed E-state index contributed by atoms with van der Waals surface area (Å²) in [6.07, 6.45) is 0. The van der Waals surface area contributed by atoms with E-state index in [0.29, 0.717) is 0 Å². The Morgan fingerprint density at radius 3 is 0.778 bits per heavy atom. The first-order valence-electron chi connectivity index (χ1n) is 13.1. The Hall–Kier alpha value is -4.16. The van der Waals surface area contributed by atoms with Crippen LogP contribution in [0.5, 0.6) is 0 Å². The molecular weight excluding hydrogens is 432 g/mol. The van der Waals surface area contributed by atoms with Crippen LogP contribution in [-0.2, 0) is 0 Å². The lowest BCUT2D eigenvalue weighted by Gasteiger charge is -2.36. The lowest BCUT2D eigenvalue weighted by molar-refractivity contribution is 0.636. The molecule has 3 aliphatic rings. The number of benzene rings is 6. The number of fused-ring (bicyclic) bond motifs is 6. The maximum Gasteiger partial charge on any atom is 0.0208 e. The van der Waals surface area contributed by atoms with Gasteiger partial charge in [0.2, 0.25) is 0 Å². The molecule has 3 aliphatic carbocycles. The second-order valence-electron chi connectivity index (χ2n) is 10.8. The van der Waals surface area contributed by atoms with Gasteiger partial charge in [-0.15, -0.1) is 0 Å². The van der Waals surface area contributed by atoms with Crippen LogP contribution in [0.1, 0.15) is 68.2 Å². The fourth-order valence-electron chi connectivity index (χ4n) is 8.10. The summed E-state index contributed by atoms with van der Waals surface area (Å²) in [5, 5.41) is 5.67. The van der Waals surface area contributed by atoms with Crippen molar-refractivity contribution in [3.63, 3.8) is 0 Å². The third-order valence-electron chi connectivity index (χ3n) is 9.28. The highest BCUT2D eigenvalue weighted by Gasteiger charge is 2.46. The van der Waals surface area contributed by atoms with Gasteiger partial charge in [0, 0.05) is 23.7 Å². The molecule has 0 aromatic heterocycles. The summed E-state index contributed by atoms with van der Waals surface area (Å²) in [6.45, 7) is 0. The fraction of sp³-hybridized carbons (Fsp3) is 0.111. The van der Waals surface area contributed by atoms with Gasteiger partial charge in [-0.2, -0.15) is 0 Å². The molecule has 0 saturated carbocycles. The molecular formula is C36H24. The van der Waals surface area contributed by atoms with Crippen molar-refractivity contribution in [2.24, 2.45) is 0 Å². The number of hydrogen-bond donors (Lipinski definition) is 0. The fourth-order valence-corrected chi connectivity index (χ4v) is 8.10. The van der Waals surface area contributed by atoms with Gasteiger partial charge in [-0.1, -0.05) is 121 Å². The highest BCUT2D eigenvalue weighted by molar-refractivity contribution is 5.96. The molecule has 168 valence electrons. The van der Waals surface area contributed by atoms with Crippen LogP contribution in [0.3, 0.4) is 0 Å². The van der Waals surface area contributed by atoms with E-state index in [1.807, 2.05) is 0 Å². The normalized spacial score (nSPS) is 22.4. The Bertz CT molecular complexity index is 1610. The molecule has 0 amide bonds. The highest BCUT2D eigenvalue weighted by atomic mass is 14.5. The Morgan fingerprint density at radius 1 is 0.250 bits per heavy atom. The van der Waals surface area contributed by atoms with E-state index in [1.165, 1.54) is 66.1 Å². The van der Waals surface area contributed by atoms with Gasteiger partial charge < -0.3 is 0 Å². The van der Waals surface area contributed by atoms with Crippen molar-refractivity contribution in [3.05, 3.63) is 166 Å². The third kappa shape index (κ3) is 2.22. The van der Waals surface area contributed by atoms with Crippen LogP contribution in [-0.4, -0.2) is 0 Å². The second-order valence-corrected chi connectivity index (χ2v) is 10.8. The lowest BCUT2D eigenvalue weighted by atomic mass is 9.67. The zero-order valence-corrected chi connectivity index (χ0v) is 19.9. The van der Waals surface area contributed by atoms with Crippen LogP contribution in [0.15, 0.2) is 121 Å². The van der Waals surface area contributed by atoms with E-state index in [9.17, 15) is 0 Å². The van der Waals surface area contributed by atoms with Gasteiger partial charge in [-0.3, -0.25) is 0 Å². The molecule has 0 heterocycles. The molecule has 4 bridgehead atoms. The maximum absolute atomic E-state index is 2.42. The summed E-state index contributed by atoms with van der Waals surface area (Å²) in [5.41, 5.74) is 11.9. The van der Waals surface area contributed by atoms with E-state index in [1.54, 1.807) is 0 Å². The monoisotopic (exact) mass is 456 g/mol. The molecule has 0 radical (unpaired) electrons. The molecule has 4 unspecified atom stereocenters. The molecule has 0 fully saturated rings. The van der Waals surface area contributed by atoms with Crippen molar-refractivity contribution >= 4 is 21.5 Å². The molecule has 0 spiro atoms. The van der Waals surface area contributed by atoms with E-state index in [4.69, 9.17) is 0 Å². The van der Waals surface area contributed by atoms with Crippen LogP contribution >= 0.6 is 0 Å². The number of hydrogen-bond acceptors (Lipinski definition) is 0. The molecule has 0 nitrogen and oxygen atoms in total. The van der Waals surface area contributed by atoms with Crippen LogP contribution < -0.4 is 0 Å². The summed E-state index contributed by atoms with van der Waals surface area (Å²) >= 11 is 0. The van der Waals surface area contributed by atoms with Crippen molar-refractivity contribution in [1.29, 1.82) is 0 Å². The minimum absolute atomic E-state index is 0.259. The molecule has 0 saturated heterocycles. The number of rotatable bonds is 0. The van der Waals surface area contributed by atoms with Gasteiger partial charge in [0.25, 0.3) is 0 Å². The first-order chi connectivity index (χ1) is 17.9. The summed E-state index contributed by atoms with van der Waals surface area (Å²) in [4.78, 5) is 0. The molecule has 0 aliphatic heterocycles. The molecule has 0 heteroatoms. The van der Waals surface area contributed by atoms with E-state index >= 15 is 0 Å². The van der Waals surface area contributed by atoms with Crippen molar-refractivity contribution in [2.45, 2.75) is 23.7 Å². The second kappa shape index (κ2) is 6.74. The molecule has 6 aromatic rings. The third-order valence-corrected chi connectivity index (χ3v) is 9.28. The molecule has 4 atom stereocenters. The van der Waals surface area contributed by atoms with Crippen LogP contribution in [0.25, 0.3) is 21.5 Å². The first-order valence-corrected chi connectivity index (χ1v) is 13.1. The van der Waals surface area contributed by atoms with Gasteiger partial charge in [0.15, 0.2) is 0 Å². The highest BCUT2D eigenvalue weighted by Crippen LogP contribution is 2.61.